The van der Waals surface area contributed by atoms with Crippen molar-refractivity contribution >= 4 is 5.90 Å². The lowest BCUT2D eigenvalue weighted by Crippen LogP contribution is -2.00. The van der Waals surface area contributed by atoms with Crippen molar-refractivity contribution in [1.82, 2.24) is 0 Å². The van der Waals surface area contributed by atoms with Gasteiger partial charge in [-0.1, -0.05) is 17.7 Å². The maximum Gasteiger partial charge on any atom is 0.216 e. The van der Waals surface area contributed by atoms with Crippen LogP contribution in [0.5, 0.6) is 11.5 Å². The molecule has 0 amide bonds. The van der Waals surface area contributed by atoms with Gasteiger partial charge in [-0.05, 0) is 43.3 Å². The Morgan fingerprint density at radius 3 is 2.16 bits per heavy atom. The predicted octanol–water partition coefficient (Wildman–Crippen LogP) is 3.56. The minimum absolute atomic E-state index is 0.678. The Kier molecular flexibility index (Phi) is 3.19. The summed E-state index contributed by atoms with van der Waals surface area (Å²) < 4.78 is 11.2. The van der Waals surface area contributed by atoms with Gasteiger partial charge in [-0.25, -0.2) is 4.99 Å². The zero-order valence-corrected chi connectivity index (χ0v) is 10.8. The third kappa shape index (κ3) is 2.76. The van der Waals surface area contributed by atoms with Crippen LogP contribution in [0.2, 0.25) is 0 Å². The van der Waals surface area contributed by atoms with E-state index in [1.54, 1.807) is 0 Å². The zero-order chi connectivity index (χ0) is 13.1. The molecule has 0 bridgehead atoms. The highest BCUT2D eigenvalue weighted by Crippen LogP contribution is 2.22. The predicted molar refractivity (Wildman–Crippen MR) is 75.1 cm³/mol. The van der Waals surface area contributed by atoms with Crippen LogP contribution in [0.25, 0.3) is 0 Å². The second kappa shape index (κ2) is 5.14. The number of rotatable bonds is 3. The van der Waals surface area contributed by atoms with Gasteiger partial charge in [-0.3, -0.25) is 0 Å². The summed E-state index contributed by atoms with van der Waals surface area (Å²) in [6.07, 6.45) is 0. The summed E-state index contributed by atoms with van der Waals surface area (Å²) in [7, 11) is 0. The molecule has 0 atom stereocenters. The van der Waals surface area contributed by atoms with E-state index in [-0.39, 0.29) is 0 Å². The molecule has 0 fully saturated rings. The summed E-state index contributed by atoms with van der Waals surface area (Å²) in [6.45, 7) is 3.48. The lowest BCUT2D eigenvalue weighted by molar-refractivity contribution is 0.348. The van der Waals surface area contributed by atoms with Gasteiger partial charge in [-0.15, -0.1) is 0 Å². The summed E-state index contributed by atoms with van der Waals surface area (Å²) >= 11 is 0. The number of hydrogen-bond donors (Lipinski definition) is 0. The molecule has 0 spiro atoms. The number of ether oxygens (including phenoxy) is 2. The van der Waals surface area contributed by atoms with E-state index in [0.717, 1.165) is 29.5 Å². The normalized spacial score (nSPS) is 13.8. The molecule has 0 saturated heterocycles. The highest BCUT2D eigenvalue weighted by molar-refractivity contribution is 5.95. The fourth-order valence-electron chi connectivity index (χ4n) is 1.92. The second-order valence-corrected chi connectivity index (χ2v) is 4.47. The minimum Gasteiger partial charge on any atom is -0.476 e. The molecular formula is C16H15NO2. The molecular weight excluding hydrogens is 238 g/mol. The van der Waals surface area contributed by atoms with E-state index in [1.165, 1.54) is 5.56 Å². The fraction of sp³-hybridized carbons (Fsp3) is 0.188. The van der Waals surface area contributed by atoms with Gasteiger partial charge < -0.3 is 9.47 Å². The number of hydrogen-bond acceptors (Lipinski definition) is 3. The highest BCUT2D eigenvalue weighted by atomic mass is 16.5. The van der Waals surface area contributed by atoms with E-state index in [0.29, 0.717) is 6.61 Å². The molecule has 3 rings (SSSR count). The first kappa shape index (κ1) is 11.8. The summed E-state index contributed by atoms with van der Waals surface area (Å²) in [4.78, 5) is 4.28. The van der Waals surface area contributed by atoms with Crippen LogP contribution >= 0.6 is 0 Å². The first-order valence-corrected chi connectivity index (χ1v) is 6.33. The minimum atomic E-state index is 0.678. The van der Waals surface area contributed by atoms with Gasteiger partial charge in [0, 0.05) is 5.56 Å². The number of aliphatic imine (C=N–C) groups is 1. The Bertz CT molecular complexity index is 585. The molecule has 96 valence electrons. The average molecular weight is 253 g/mol. The van der Waals surface area contributed by atoms with Crippen LogP contribution in [0.4, 0.5) is 0 Å². The number of benzene rings is 2. The summed E-state index contributed by atoms with van der Waals surface area (Å²) in [5, 5.41) is 0. The quantitative estimate of drug-likeness (QED) is 0.837. The Balaban J connectivity index is 1.73. The van der Waals surface area contributed by atoms with Gasteiger partial charge >= 0.3 is 0 Å². The van der Waals surface area contributed by atoms with Gasteiger partial charge in [0.05, 0.1) is 6.54 Å². The van der Waals surface area contributed by atoms with Crippen molar-refractivity contribution in [1.29, 1.82) is 0 Å². The summed E-state index contributed by atoms with van der Waals surface area (Å²) in [5.74, 6) is 2.38. The van der Waals surface area contributed by atoms with Gasteiger partial charge in [-0.2, -0.15) is 0 Å². The van der Waals surface area contributed by atoms with Crippen molar-refractivity contribution in [2.24, 2.45) is 4.99 Å². The van der Waals surface area contributed by atoms with E-state index in [4.69, 9.17) is 9.47 Å². The smallest absolute Gasteiger partial charge is 0.216 e. The second-order valence-electron chi connectivity index (χ2n) is 4.47. The van der Waals surface area contributed by atoms with E-state index in [9.17, 15) is 0 Å². The molecule has 1 aliphatic rings. The maximum absolute atomic E-state index is 5.77. The maximum atomic E-state index is 5.77. The van der Waals surface area contributed by atoms with Gasteiger partial charge in [0.25, 0.3) is 0 Å². The fourth-order valence-corrected chi connectivity index (χ4v) is 1.92. The molecule has 0 aromatic heterocycles. The molecule has 3 nitrogen and oxygen atoms in total. The van der Waals surface area contributed by atoms with Crippen molar-refractivity contribution < 1.29 is 9.47 Å². The van der Waals surface area contributed by atoms with Crippen LogP contribution in [-0.4, -0.2) is 19.0 Å². The first-order chi connectivity index (χ1) is 9.31. The van der Waals surface area contributed by atoms with Gasteiger partial charge in [0.1, 0.15) is 18.1 Å². The Morgan fingerprint density at radius 1 is 0.947 bits per heavy atom. The molecule has 2 aromatic carbocycles. The Morgan fingerprint density at radius 2 is 1.58 bits per heavy atom. The van der Waals surface area contributed by atoms with Crippen molar-refractivity contribution in [2.75, 3.05) is 13.2 Å². The zero-order valence-electron chi connectivity index (χ0n) is 10.8. The number of aryl methyl sites for hydroxylation is 1. The highest BCUT2D eigenvalue weighted by Gasteiger charge is 2.09. The van der Waals surface area contributed by atoms with Gasteiger partial charge in [0.15, 0.2) is 0 Å². The van der Waals surface area contributed by atoms with Crippen LogP contribution in [0.3, 0.4) is 0 Å². The molecule has 3 heteroatoms. The third-order valence-corrected chi connectivity index (χ3v) is 2.94. The molecule has 19 heavy (non-hydrogen) atoms. The molecule has 0 unspecified atom stereocenters. The van der Waals surface area contributed by atoms with E-state index >= 15 is 0 Å². The summed E-state index contributed by atoms with van der Waals surface area (Å²) in [6, 6.07) is 15.8. The van der Waals surface area contributed by atoms with Crippen LogP contribution in [-0.2, 0) is 4.74 Å². The topological polar surface area (TPSA) is 30.8 Å². The van der Waals surface area contributed by atoms with Gasteiger partial charge in [0.2, 0.25) is 5.90 Å². The standard InChI is InChI=1S/C16H15NO2/c1-12-2-6-14(7-3-12)19-15-8-4-13(5-9-15)16-17-10-11-18-16/h2-9H,10-11H2,1H3. The van der Waals surface area contributed by atoms with Crippen molar-refractivity contribution in [2.45, 2.75) is 6.92 Å². The Labute approximate surface area is 112 Å². The van der Waals surface area contributed by atoms with Crippen molar-refractivity contribution in [3.8, 4) is 11.5 Å². The number of nitrogens with zero attached hydrogens (tertiary/aromatic N) is 1. The Hall–Kier alpha value is -2.29. The lowest BCUT2D eigenvalue weighted by atomic mass is 10.2. The van der Waals surface area contributed by atoms with Crippen LogP contribution in [0.1, 0.15) is 11.1 Å². The monoisotopic (exact) mass is 253 g/mol. The first-order valence-electron chi connectivity index (χ1n) is 6.33. The van der Waals surface area contributed by atoms with Crippen LogP contribution < -0.4 is 4.74 Å². The molecule has 1 aliphatic heterocycles. The van der Waals surface area contributed by atoms with Crippen LogP contribution in [0.15, 0.2) is 53.5 Å². The van der Waals surface area contributed by atoms with E-state index in [2.05, 4.69) is 11.9 Å². The molecule has 0 N–H and O–H groups in total. The van der Waals surface area contributed by atoms with Crippen LogP contribution in [0, 0.1) is 6.92 Å². The van der Waals surface area contributed by atoms with E-state index in [1.807, 2.05) is 48.5 Å². The third-order valence-electron chi connectivity index (χ3n) is 2.94. The largest absolute Gasteiger partial charge is 0.476 e. The molecule has 0 saturated carbocycles. The molecule has 2 aromatic rings. The average Bonchev–Trinajstić information content (AvgIpc) is 2.96. The summed E-state index contributed by atoms with van der Waals surface area (Å²) in [5.41, 5.74) is 2.22. The molecule has 1 heterocycles. The lowest BCUT2D eigenvalue weighted by Gasteiger charge is -2.07. The van der Waals surface area contributed by atoms with Crippen molar-refractivity contribution in [3.05, 3.63) is 59.7 Å². The SMILES string of the molecule is Cc1ccc(Oc2ccc(C3=NCCO3)cc2)cc1. The van der Waals surface area contributed by atoms with E-state index < -0.39 is 0 Å². The molecule has 0 aliphatic carbocycles. The molecule has 0 radical (unpaired) electrons. The van der Waals surface area contributed by atoms with Crippen molar-refractivity contribution in [3.63, 3.8) is 0 Å².